The molecule has 17 nitrogen and oxygen atoms in total. The summed E-state index contributed by atoms with van der Waals surface area (Å²) in [5.74, 6) is -0.554. The molecule has 19 heteroatoms. The maximum absolute atomic E-state index is 13.1. The second kappa shape index (κ2) is 72.6. The van der Waals surface area contributed by atoms with E-state index in [0.717, 1.165) is 102 Å². The number of unbranched alkanes of at least 4 members (excludes halogenated alkanes) is 49. The molecule has 0 fully saturated rings. The SMILES string of the molecule is CCCCCCCCCCCCCCCCCCCCCCC(=O)O[C@H](COC(=O)CCCCCCCCCCCCC(C)CC)COP(=O)(O)OC[C@@H](O)COP(=O)(O)OC[C@@H](COC(=O)CCCCCCCCCCCC(C)C)OC(=O)CCCCCCCCCCCCCCCC. The standard InChI is InChI=1S/C81H158O17P2/c1-7-10-12-14-16-18-20-22-24-25-26-27-28-29-31-33-41-48-54-60-66-81(86)97-76(69-91-78(83)63-57-51-45-39-35-34-38-44-50-56-62-74(6)9-3)71-95-99(87,88)93-67-75(82)68-94-100(89,90)96-72-77(70-92-79(84)64-58-52-46-42-36-37-43-49-55-61-73(4)5)98-80(85)65-59-53-47-40-32-30-23-21-19-17-15-13-11-8-2/h73-77,82H,7-72H2,1-6H3,(H,87,88)(H,89,90)/t74?,75-,76-,77-/m1/s1. The highest BCUT2D eigenvalue weighted by atomic mass is 31.2. The van der Waals surface area contributed by atoms with Crippen molar-refractivity contribution >= 4 is 39.5 Å². The van der Waals surface area contributed by atoms with Crippen LogP contribution < -0.4 is 0 Å². The maximum atomic E-state index is 13.1. The van der Waals surface area contributed by atoms with E-state index >= 15 is 0 Å². The van der Waals surface area contributed by atoms with E-state index in [1.165, 1.54) is 244 Å². The van der Waals surface area contributed by atoms with Gasteiger partial charge in [-0.3, -0.25) is 37.3 Å². The first-order chi connectivity index (χ1) is 48.4. The monoisotopic (exact) mass is 1470 g/mol. The summed E-state index contributed by atoms with van der Waals surface area (Å²) in [4.78, 5) is 73.0. The molecule has 0 radical (unpaired) electrons. The first-order valence-electron chi connectivity index (χ1n) is 42.0. The second-order valence-electron chi connectivity index (χ2n) is 29.9. The fourth-order valence-electron chi connectivity index (χ4n) is 12.5. The lowest BCUT2D eigenvalue weighted by Gasteiger charge is -2.21. The number of hydrogen-bond donors (Lipinski definition) is 3. The Balaban J connectivity index is 5.25. The van der Waals surface area contributed by atoms with Crippen molar-refractivity contribution in [3.63, 3.8) is 0 Å². The van der Waals surface area contributed by atoms with Crippen LogP contribution in [0.5, 0.6) is 0 Å². The predicted molar refractivity (Wildman–Crippen MR) is 409 cm³/mol. The Labute approximate surface area is 613 Å². The van der Waals surface area contributed by atoms with Crippen LogP contribution in [-0.2, 0) is 65.4 Å². The minimum atomic E-state index is -4.96. The molecule has 3 unspecified atom stereocenters. The third-order valence-corrected chi connectivity index (χ3v) is 21.2. The Hall–Kier alpha value is -1.94. The molecule has 0 aliphatic heterocycles. The largest absolute Gasteiger partial charge is 0.472 e. The van der Waals surface area contributed by atoms with Crippen molar-refractivity contribution in [3.05, 3.63) is 0 Å². The fraction of sp³-hybridized carbons (Fsp3) is 0.951. The molecule has 3 N–H and O–H groups in total. The molecular formula is C81H158O17P2. The molecule has 0 aliphatic rings. The number of esters is 4. The number of phosphoric acid groups is 2. The Bertz CT molecular complexity index is 1930. The highest BCUT2D eigenvalue weighted by Crippen LogP contribution is 2.45. The number of carbonyl (C=O) groups excluding carboxylic acids is 4. The van der Waals surface area contributed by atoms with Crippen LogP contribution in [-0.4, -0.2) is 96.7 Å². The van der Waals surface area contributed by atoms with Crippen molar-refractivity contribution in [1.29, 1.82) is 0 Å². The van der Waals surface area contributed by atoms with Crippen molar-refractivity contribution in [3.8, 4) is 0 Å². The van der Waals surface area contributed by atoms with Gasteiger partial charge in [-0.1, -0.05) is 375 Å². The first kappa shape index (κ1) is 98.1. The molecule has 0 rings (SSSR count). The Morgan fingerprint density at radius 3 is 0.760 bits per heavy atom. The molecule has 594 valence electrons. The van der Waals surface area contributed by atoms with Crippen LogP contribution in [0.15, 0.2) is 0 Å². The zero-order valence-corrected chi connectivity index (χ0v) is 67.3. The summed E-state index contributed by atoms with van der Waals surface area (Å²) in [6, 6.07) is 0. The van der Waals surface area contributed by atoms with Gasteiger partial charge >= 0.3 is 39.5 Å². The molecule has 0 heterocycles. The van der Waals surface area contributed by atoms with Crippen molar-refractivity contribution in [1.82, 2.24) is 0 Å². The average molecular weight is 1470 g/mol. The van der Waals surface area contributed by atoms with Crippen molar-refractivity contribution < 1.29 is 80.2 Å². The summed E-state index contributed by atoms with van der Waals surface area (Å²) in [6.07, 6.45) is 62.3. The van der Waals surface area contributed by atoms with Crippen LogP contribution in [0, 0.1) is 11.8 Å². The van der Waals surface area contributed by atoms with Crippen LogP contribution in [0.3, 0.4) is 0 Å². The molecule has 0 aliphatic carbocycles. The lowest BCUT2D eigenvalue weighted by Crippen LogP contribution is -2.30. The van der Waals surface area contributed by atoms with E-state index in [9.17, 15) is 43.2 Å². The molecule has 6 atom stereocenters. The van der Waals surface area contributed by atoms with Crippen LogP contribution in [0.1, 0.15) is 427 Å². The summed E-state index contributed by atoms with van der Waals surface area (Å²) in [7, 11) is -9.92. The van der Waals surface area contributed by atoms with E-state index < -0.39 is 97.5 Å². The minimum Gasteiger partial charge on any atom is -0.462 e. The topological polar surface area (TPSA) is 237 Å². The van der Waals surface area contributed by atoms with Gasteiger partial charge in [-0.15, -0.1) is 0 Å². The summed E-state index contributed by atoms with van der Waals surface area (Å²) in [6.45, 7) is 9.65. The van der Waals surface area contributed by atoms with Crippen molar-refractivity contribution in [2.75, 3.05) is 39.6 Å². The molecule has 0 amide bonds. The van der Waals surface area contributed by atoms with E-state index in [1.807, 2.05) is 0 Å². The lowest BCUT2D eigenvalue weighted by molar-refractivity contribution is -0.161. The molecule has 0 aromatic rings. The molecule has 0 saturated carbocycles. The average Bonchev–Trinajstić information content (AvgIpc) is 0.919. The predicted octanol–water partition coefficient (Wildman–Crippen LogP) is 24.3. The molecular weight excluding hydrogens is 1310 g/mol. The van der Waals surface area contributed by atoms with Crippen molar-refractivity contribution in [2.24, 2.45) is 11.8 Å². The van der Waals surface area contributed by atoms with Gasteiger partial charge in [0.2, 0.25) is 0 Å². The smallest absolute Gasteiger partial charge is 0.462 e. The van der Waals surface area contributed by atoms with Gasteiger partial charge in [0.05, 0.1) is 26.4 Å². The second-order valence-corrected chi connectivity index (χ2v) is 32.8. The normalized spacial score (nSPS) is 14.2. The van der Waals surface area contributed by atoms with Gasteiger partial charge in [0, 0.05) is 25.7 Å². The number of hydrogen-bond acceptors (Lipinski definition) is 15. The van der Waals surface area contributed by atoms with Gasteiger partial charge in [0.25, 0.3) is 0 Å². The van der Waals surface area contributed by atoms with E-state index in [0.29, 0.717) is 25.7 Å². The first-order valence-corrected chi connectivity index (χ1v) is 45.0. The number of carbonyl (C=O) groups is 4. The molecule has 0 aromatic carbocycles. The van der Waals surface area contributed by atoms with E-state index in [2.05, 4.69) is 41.5 Å². The third-order valence-electron chi connectivity index (χ3n) is 19.3. The maximum Gasteiger partial charge on any atom is 0.472 e. The zero-order chi connectivity index (χ0) is 73.5. The lowest BCUT2D eigenvalue weighted by atomic mass is 9.99. The van der Waals surface area contributed by atoms with Crippen molar-refractivity contribution in [2.45, 2.75) is 445 Å². The number of phosphoric ester groups is 2. The summed E-state index contributed by atoms with van der Waals surface area (Å²) in [5.41, 5.74) is 0. The fourth-order valence-corrected chi connectivity index (χ4v) is 14.1. The van der Waals surface area contributed by atoms with E-state index in [4.69, 9.17) is 37.0 Å². The molecule has 0 aromatic heterocycles. The summed E-state index contributed by atoms with van der Waals surface area (Å²) >= 11 is 0. The van der Waals surface area contributed by atoms with Gasteiger partial charge in [-0.05, 0) is 37.5 Å². The number of aliphatic hydroxyl groups is 1. The Kier molecular flexibility index (Phi) is 71.2. The Morgan fingerprint density at radius 2 is 0.510 bits per heavy atom. The quantitative estimate of drug-likeness (QED) is 0.0222. The Morgan fingerprint density at radius 1 is 0.290 bits per heavy atom. The third kappa shape index (κ3) is 73.0. The van der Waals surface area contributed by atoms with Gasteiger partial charge in [-0.25, -0.2) is 9.13 Å². The van der Waals surface area contributed by atoms with Crippen LogP contribution in [0.2, 0.25) is 0 Å². The summed E-state index contributed by atoms with van der Waals surface area (Å²) in [5, 5.41) is 10.6. The zero-order valence-electron chi connectivity index (χ0n) is 65.5. The highest BCUT2D eigenvalue weighted by Gasteiger charge is 2.30. The van der Waals surface area contributed by atoms with E-state index in [1.54, 1.807) is 0 Å². The number of ether oxygens (including phenoxy) is 4. The minimum absolute atomic E-state index is 0.108. The van der Waals surface area contributed by atoms with E-state index in [-0.39, 0.29) is 25.7 Å². The van der Waals surface area contributed by atoms with Crippen LogP contribution >= 0.6 is 15.6 Å². The van der Waals surface area contributed by atoms with Gasteiger partial charge in [0.1, 0.15) is 19.3 Å². The highest BCUT2D eigenvalue weighted by molar-refractivity contribution is 7.47. The molecule has 0 saturated heterocycles. The number of aliphatic hydroxyl groups excluding tert-OH is 1. The molecule has 100 heavy (non-hydrogen) atoms. The molecule has 0 bridgehead atoms. The molecule has 0 spiro atoms. The summed E-state index contributed by atoms with van der Waals surface area (Å²) < 4.78 is 68.7. The van der Waals surface area contributed by atoms with Crippen LogP contribution in [0.4, 0.5) is 0 Å². The number of rotatable bonds is 80. The van der Waals surface area contributed by atoms with Gasteiger partial charge in [0.15, 0.2) is 12.2 Å². The van der Waals surface area contributed by atoms with Gasteiger partial charge < -0.3 is 33.8 Å². The van der Waals surface area contributed by atoms with Crippen LogP contribution in [0.25, 0.3) is 0 Å². The van der Waals surface area contributed by atoms with Gasteiger partial charge in [-0.2, -0.15) is 0 Å².